The van der Waals surface area contributed by atoms with Gasteiger partial charge in [-0.2, -0.15) is 0 Å². The first-order valence-corrected chi connectivity index (χ1v) is 10.3. The van der Waals surface area contributed by atoms with Crippen molar-refractivity contribution in [2.24, 2.45) is 11.8 Å². The Morgan fingerprint density at radius 3 is 2.48 bits per heavy atom. The third-order valence-electron chi connectivity index (χ3n) is 3.32. The van der Waals surface area contributed by atoms with E-state index in [0.717, 1.165) is 23.0 Å². The molecule has 1 heterocycles. The molecule has 2 N–H and O–H groups in total. The molecule has 2 atom stereocenters. The molecular weight excluding hydrogens is 374 g/mol. The molecule has 0 spiro atoms. The van der Waals surface area contributed by atoms with E-state index in [1.54, 1.807) is 12.1 Å². The zero-order valence-electron chi connectivity index (χ0n) is 12.7. The molecular formula is C14H24BrNO3S2. The van der Waals surface area contributed by atoms with Crippen molar-refractivity contribution in [2.75, 3.05) is 6.61 Å². The van der Waals surface area contributed by atoms with E-state index in [4.69, 9.17) is 0 Å². The number of hydrogen-bond acceptors (Lipinski definition) is 4. The highest BCUT2D eigenvalue weighted by molar-refractivity contribution is 9.11. The molecule has 0 aliphatic heterocycles. The normalized spacial score (nSPS) is 15.3. The predicted molar refractivity (Wildman–Crippen MR) is 91.1 cm³/mol. The molecule has 0 saturated carbocycles. The van der Waals surface area contributed by atoms with Gasteiger partial charge in [0.05, 0.1) is 10.4 Å². The van der Waals surface area contributed by atoms with E-state index < -0.39 is 16.1 Å². The average molecular weight is 398 g/mol. The summed E-state index contributed by atoms with van der Waals surface area (Å²) in [5.74, 6) is 0.620. The summed E-state index contributed by atoms with van der Waals surface area (Å²) in [6, 6.07) is 2.85. The third-order valence-corrected chi connectivity index (χ3v) is 6.92. The summed E-state index contributed by atoms with van der Waals surface area (Å²) in [5, 5.41) is 9.62. The Hall–Kier alpha value is 0.0500. The van der Waals surface area contributed by atoms with Crippen LogP contribution in [-0.4, -0.2) is 26.2 Å². The van der Waals surface area contributed by atoms with E-state index in [-0.39, 0.29) is 16.7 Å². The highest BCUT2D eigenvalue weighted by Gasteiger charge is 2.27. The summed E-state index contributed by atoms with van der Waals surface area (Å²) in [6.07, 6.45) is 2.77. The zero-order valence-corrected chi connectivity index (χ0v) is 15.9. The summed E-state index contributed by atoms with van der Waals surface area (Å²) in [5.41, 5.74) is 0. The van der Waals surface area contributed by atoms with Gasteiger partial charge in [0, 0.05) is 6.04 Å². The Balaban J connectivity index is 2.88. The van der Waals surface area contributed by atoms with Crippen molar-refractivity contribution < 1.29 is 13.5 Å². The van der Waals surface area contributed by atoms with Gasteiger partial charge in [-0.25, -0.2) is 13.1 Å². The second-order valence-corrected chi connectivity index (χ2v) is 10.1. The van der Waals surface area contributed by atoms with Crippen LogP contribution in [0, 0.1) is 11.8 Å². The lowest BCUT2D eigenvalue weighted by molar-refractivity contribution is 0.193. The van der Waals surface area contributed by atoms with Gasteiger partial charge in [0.15, 0.2) is 0 Å². The molecule has 0 fully saturated rings. The van der Waals surface area contributed by atoms with Crippen molar-refractivity contribution in [3.05, 3.63) is 15.9 Å². The van der Waals surface area contributed by atoms with Crippen LogP contribution in [0.5, 0.6) is 0 Å². The van der Waals surface area contributed by atoms with Crippen molar-refractivity contribution in [1.29, 1.82) is 0 Å². The van der Waals surface area contributed by atoms with Crippen LogP contribution >= 0.6 is 27.3 Å². The summed E-state index contributed by atoms with van der Waals surface area (Å²) < 4.78 is 28.5. The fourth-order valence-electron chi connectivity index (χ4n) is 2.44. The standard InChI is InChI=1S/C14H24BrNO3S2/c1-4-5-11(8-10(2)3)12(9-17)16-21(18,19)14-7-6-13(15)20-14/h6-7,10-12,16-17H,4-5,8-9H2,1-3H3/t11-,12-/m0/s1. The van der Waals surface area contributed by atoms with E-state index in [0.29, 0.717) is 5.92 Å². The Labute approximate surface area is 140 Å². The number of halogens is 1. The fraction of sp³-hybridized carbons (Fsp3) is 0.714. The minimum Gasteiger partial charge on any atom is -0.395 e. The molecule has 4 nitrogen and oxygen atoms in total. The summed E-state index contributed by atoms with van der Waals surface area (Å²) >= 11 is 4.44. The number of sulfonamides is 1. The van der Waals surface area contributed by atoms with Gasteiger partial charge >= 0.3 is 0 Å². The molecule has 21 heavy (non-hydrogen) atoms. The summed E-state index contributed by atoms with van der Waals surface area (Å²) in [7, 11) is -3.57. The zero-order chi connectivity index (χ0) is 16.0. The van der Waals surface area contributed by atoms with Gasteiger partial charge in [-0.3, -0.25) is 0 Å². The molecule has 122 valence electrons. The van der Waals surface area contributed by atoms with E-state index in [9.17, 15) is 13.5 Å². The van der Waals surface area contributed by atoms with Crippen LogP contribution in [0.4, 0.5) is 0 Å². The molecule has 0 unspecified atom stereocenters. The topological polar surface area (TPSA) is 66.4 Å². The highest BCUT2D eigenvalue weighted by atomic mass is 79.9. The summed E-state index contributed by atoms with van der Waals surface area (Å²) in [4.78, 5) is 0. The van der Waals surface area contributed by atoms with Crippen molar-refractivity contribution in [3.63, 3.8) is 0 Å². The van der Waals surface area contributed by atoms with Crippen molar-refractivity contribution in [1.82, 2.24) is 4.72 Å². The molecule has 1 aromatic heterocycles. The predicted octanol–water partition coefficient (Wildman–Crippen LogP) is 3.61. The maximum atomic E-state index is 12.4. The number of aliphatic hydroxyl groups is 1. The Morgan fingerprint density at radius 1 is 1.38 bits per heavy atom. The van der Waals surface area contributed by atoms with Crippen LogP contribution in [0.3, 0.4) is 0 Å². The van der Waals surface area contributed by atoms with Gasteiger partial charge in [0.1, 0.15) is 4.21 Å². The summed E-state index contributed by atoms with van der Waals surface area (Å²) in [6.45, 7) is 6.12. The monoisotopic (exact) mass is 397 g/mol. The molecule has 0 radical (unpaired) electrons. The minimum absolute atomic E-state index is 0.151. The minimum atomic E-state index is -3.57. The largest absolute Gasteiger partial charge is 0.395 e. The van der Waals surface area contributed by atoms with Crippen molar-refractivity contribution >= 4 is 37.3 Å². The number of nitrogens with one attached hydrogen (secondary N) is 1. The van der Waals surface area contributed by atoms with Gasteiger partial charge in [-0.1, -0.05) is 27.2 Å². The number of rotatable bonds is 9. The molecule has 1 rings (SSSR count). The molecule has 0 aromatic carbocycles. The Bertz CT molecular complexity index is 528. The second kappa shape index (κ2) is 8.62. The number of thiophene rings is 1. The quantitative estimate of drug-likeness (QED) is 0.668. The molecule has 0 bridgehead atoms. The molecule has 1 aromatic rings. The first-order chi connectivity index (χ1) is 9.80. The Kier molecular flexibility index (Phi) is 7.84. The lowest BCUT2D eigenvalue weighted by Gasteiger charge is -2.27. The van der Waals surface area contributed by atoms with Crippen molar-refractivity contribution in [2.45, 2.75) is 50.3 Å². The van der Waals surface area contributed by atoms with Crippen LogP contribution in [0.15, 0.2) is 20.1 Å². The first-order valence-electron chi connectivity index (χ1n) is 7.18. The number of aliphatic hydroxyl groups excluding tert-OH is 1. The van der Waals surface area contributed by atoms with Gasteiger partial charge in [0.2, 0.25) is 10.0 Å². The maximum absolute atomic E-state index is 12.4. The maximum Gasteiger partial charge on any atom is 0.250 e. The SMILES string of the molecule is CCC[C@@H](CC(C)C)[C@H](CO)NS(=O)(=O)c1ccc(Br)s1. The average Bonchev–Trinajstić information content (AvgIpc) is 2.82. The van der Waals surface area contributed by atoms with Crippen LogP contribution in [-0.2, 0) is 10.0 Å². The van der Waals surface area contributed by atoms with Gasteiger partial charge in [0.25, 0.3) is 0 Å². The van der Waals surface area contributed by atoms with E-state index in [1.165, 1.54) is 11.3 Å². The molecule has 7 heteroatoms. The van der Waals surface area contributed by atoms with Crippen molar-refractivity contribution in [3.8, 4) is 0 Å². The molecule has 0 aliphatic rings. The smallest absolute Gasteiger partial charge is 0.250 e. The molecule has 0 saturated heterocycles. The highest BCUT2D eigenvalue weighted by Crippen LogP contribution is 2.27. The van der Waals surface area contributed by atoms with Gasteiger partial charge in [-0.15, -0.1) is 11.3 Å². The lowest BCUT2D eigenvalue weighted by Crippen LogP contribution is -2.43. The molecule has 0 aliphatic carbocycles. The first kappa shape index (κ1) is 19.1. The lowest BCUT2D eigenvalue weighted by atomic mass is 9.87. The van der Waals surface area contributed by atoms with E-state index in [2.05, 4.69) is 41.4 Å². The van der Waals surface area contributed by atoms with Gasteiger partial charge in [-0.05, 0) is 52.7 Å². The van der Waals surface area contributed by atoms with Crippen LogP contribution in [0.2, 0.25) is 0 Å². The fourth-order valence-corrected chi connectivity index (χ4v) is 5.76. The molecule has 0 amide bonds. The van der Waals surface area contributed by atoms with E-state index >= 15 is 0 Å². The van der Waals surface area contributed by atoms with Gasteiger partial charge < -0.3 is 5.11 Å². The number of hydrogen-bond donors (Lipinski definition) is 2. The third kappa shape index (κ3) is 5.98. The van der Waals surface area contributed by atoms with E-state index in [1.807, 2.05) is 0 Å². The Morgan fingerprint density at radius 2 is 2.05 bits per heavy atom. The van der Waals surface area contributed by atoms with Crippen LogP contribution in [0.1, 0.15) is 40.0 Å². The van der Waals surface area contributed by atoms with Crippen LogP contribution in [0.25, 0.3) is 0 Å². The second-order valence-electron chi connectivity index (χ2n) is 5.65. The van der Waals surface area contributed by atoms with Crippen LogP contribution < -0.4 is 4.72 Å².